The standard InChI is InChI=1S/C9H11F3N2S/c1-14-3-2-6(4-14)7-5-15-8(13-7)9(10,11)12/h5-6H,2-4H2,1H3. The molecule has 2 heterocycles. The third kappa shape index (κ3) is 2.31. The third-order valence-corrected chi connectivity index (χ3v) is 3.48. The van der Waals surface area contributed by atoms with Crippen molar-refractivity contribution in [1.29, 1.82) is 0 Å². The number of likely N-dealkylation sites (N-methyl/N-ethyl adjacent to an activating group) is 1. The largest absolute Gasteiger partial charge is 0.443 e. The van der Waals surface area contributed by atoms with Crippen LogP contribution in [0.3, 0.4) is 0 Å². The van der Waals surface area contributed by atoms with Crippen LogP contribution in [0, 0.1) is 0 Å². The van der Waals surface area contributed by atoms with E-state index in [0.29, 0.717) is 17.0 Å². The van der Waals surface area contributed by atoms with Gasteiger partial charge in [0.15, 0.2) is 5.01 Å². The van der Waals surface area contributed by atoms with E-state index in [9.17, 15) is 13.2 Å². The van der Waals surface area contributed by atoms with Crippen molar-refractivity contribution in [3.8, 4) is 0 Å². The molecule has 6 heteroatoms. The summed E-state index contributed by atoms with van der Waals surface area (Å²) < 4.78 is 36.9. The molecule has 0 aromatic carbocycles. The number of aromatic nitrogens is 1. The first kappa shape index (κ1) is 10.9. The quantitative estimate of drug-likeness (QED) is 0.745. The number of rotatable bonds is 1. The minimum atomic E-state index is -4.30. The van der Waals surface area contributed by atoms with E-state index in [1.807, 2.05) is 7.05 Å². The molecule has 0 N–H and O–H groups in total. The van der Waals surface area contributed by atoms with Gasteiger partial charge in [-0.1, -0.05) is 0 Å². The molecule has 1 unspecified atom stereocenters. The van der Waals surface area contributed by atoms with Crippen molar-refractivity contribution >= 4 is 11.3 Å². The van der Waals surface area contributed by atoms with Crippen LogP contribution in [0.2, 0.25) is 0 Å². The van der Waals surface area contributed by atoms with Crippen molar-refractivity contribution in [2.45, 2.75) is 18.5 Å². The molecule has 0 amide bonds. The van der Waals surface area contributed by atoms with Gasteiger partial charge in [0, 0.05) is 17.8 Å². The maximum Gasteiger partial charge on any atom is 0.443 e. The van der Waals surface area contributed by atoms with Crippen LogP contribution >= 0.6 is 11.3 Å². The summed E-state index contributed by atoms with van der Waals surface area (Å²) in [5.41, 5.74) is 0.594. The van der Waals surface area contributed by atoms with Gasteiger partial charge in [-0.15, -0.1) is 11.3 Å². The predicted octanol–water partition coefficient (Wildman–Crippen LogP) is 2.58. The highest BCUT2D eigenvalue weighted by molar-refractivity contribution is 7.09. The molecule has 0 spiro atoms. The molecule has 0 radical (unpaired) electrons. The van der Waals surface area contributed by atoms with Gasteiger partial charge in [0.1, 0.15) is 0 Å². The summed E-state index contributed by atoms with van der Waals surface area (Å²) in [6.45, 7) is 1.74. The number of hydrogen-bond donors (Lipinski definition) is 0. The van der Waals surface area contributed by atoms with Gasteiger partial charge in [-0.05, 0) is 20.0 Å². The van der Waals surface area contributed by atoms with Crippen LogP contribution in [0.5, 0.6) is 0 Å². The Balaban J connectivity index is 2.14. The molecule has 84 valence electrons. The lowest BCUT2D eigenvalue weighted by atomic mass is 10.1. The van der Waals surface area contributed by atoms with E-state index in [0.717, 1.165) is 19.5 Å². The Morgan fingerprint density at radius 2 is 2.27 bits per heavy atom. The average molecular weight is 236 g/mol. The molecule has 1 fully saturated rings. The van der Waals surface area contributed by atoms with Crippen molar-refractivity contribution in [2.24, 2.45) is 0 Å². The number of thiazole rings is 1. The number of halogens is 3. The molecule has 2 rings (SSSR count). The fourth-order valence-corrected chi connectivity index (χ4v) is 2.55. The Morgan fingerprint density at radius 3 is 2.73 bits per heavy atom. The Labute approximate surface area is 89.7 Å². The molecule has 1 aliphatic rings. The van der Waals surface area contributed by atoms with Crippen LogP contribution in [-0.2, 0) is 6.18 Å². The Hall–Kier alpha value is -0.620. The molecule has 0 saturated carbocycles. The van der Waals surface area contributed by atoms with Gasteiger partial charge in [-0.2, -0.15) is 13.2 Å². The maximum absolute atomic E-state index is 12.3. The topological polar surface area (TPSA) is 16.1 Å². The highest BCUT2D eigenvalue weighted by Crippen LogP contribution is 2.35. The number of nitrogens with zero attached hydrogens (tertiary/aromatic N) is 2. The zero-order valence-electron chi connectivity index (χ0n) is 8.21. The number of likely N-dealkylation sites (tertiary alicyclic amines) is 1. The monoisotopic (exact) mass is 236 g/mol. The second-order valence-electron chi connectivity index (χ2n) is 3.82. The fraction of sp³-hybridized carbons (Fsp3) is 0.667. The molecule has 1 aromatic heterocycles. The van der Waals surface area contributed by atoms with Gasteiger partial charge >= 0.3 is 6.18 Å². The Kier molecular flexibility index (Phi) is 2.72. The lowest BCUT2D eigenvalue weighted by molar-refractivity contribution is -0.137. The average Bonchev–Trinajstić information content (AvgIpc) is 2.69. The fourth-order valence-electron chi connectivity index (χ4n) is 1.78. The molecule has 0 bridgehead atoms. The second kappa shape index (κ2) is 3.75. The van der Waals surface area contributed by atoms with Crippen LogP contribution in [0.4, 0.5) is 13.2 Å². The normalized spacial score (nSPS) is 23.6. The molecular formula is C9H11F3N2S. The minimum Gasteiger partial charge on any atom is -0.306 e. The van der Waals surface area contributed by atoms with E-state index in [1.165, 1.54) is 5.38 Å². The van der Waals surface area contributed by atoms with Crippen molar-refractivity contribution in [3.05, 3.63) is 16.1 Å². The first-order valence-electron chi connectivity index (χ1n) is 4.68. The van der Waals surface area contributed by atoms with Crippen molar-refractivity contribution < 1.29 is 13.2 Å². The number of hydrogen-bond acceptors (Lipinski definition) is 3. The van der Waals surface area contributed by atoms with E-state index < -0.39 is 11.2 Å². The Morgan fingerprint density at radius 1 is 1.53 bits per heavy atom. The van der Waals surface area contributed by atoms with Crippen molar-refractivity contribution in [3.63, 3.8) is 0 Å². The summed E-state index contributed by atoms with van der Waals surface area (Å²) in [7, 11) is 1.97. The van der Waals surface area contributed by atoms with Gasteiger partial charge in [0.05, 0.1) is 5.69 Å². The highest BCUT2D eigenvalue weighted by atomic mass is 32.1. The van der Waals surface area contributed by atoms with Crippen LogP contribution in [0.15, 0.2) is 5.38 Å². The van der Waals surface area contributed by atoms with Gasteiger partial charge in [-0.25, -0.2) is 4.98 Å². The summed E-state index contributed by atoms with van der Waals surface area (Å²) in [6.07, 6.45) is -3.40. The van der Waals surface area contributed by atoms with Crippen molar-refractivity contribution in [1.82, 2.24) is 9.88 Å². The first-order valence-corrected chi connectivity index (χ1v) is 5.56. The lowest BCUT2D eigenvalue weighted by Gasteiger charge is -2.07. The molecule has 1 aromatic rings. The smallest absolute Gasteiger partial charge is 0.306 e. The van der Waals surface area contributed by atoms with Crippen LogP contribution in [-0.4, -0.2) is 30.0 Å². The Bertz CT molecular complexity index is 347. The SMILES string of the molecule is CN1CCC(c2csc(C(F)(F)F)n2)C1. The molecular weight excluding hydrogens is 225 g/mol. The van der Waals surface area contributed by atoms with E-state index in [4.69, 9.17) is 0 Å². The highest BCUT2D eigenvalue weighted by Gasteiger charge is 2.35. The number of alkyl halides is 3. The van der Waals surface area contributed by atoms with Crippen LogP contribution < -0.4 is 0 Å². The predicted molar refractivity (Wildman–Crippen MR) is 52.0 cm³/mol. The zero-order chi connectivity index (χ0) is 11.1. The van der Waals surface area contributed by atoms with Crippen LogP contribution in [0.1, 0.15) is 23.0 Å². The molecule has 1 aliphatic heterocycles. The molecule has 1 atom stereocenters. The zero-order valence-corrected chi connectivity index (χ0v) is 9.03. The first-order chi connectivity index (χ1) is 6.97. The maximum atomic E-state index is 12.3. The third-order valence-electron chi connectivity index (χ3n) is 2.57. The minimum absolute atomic E-state index is 0.169. The second-order valence-corrected chi connectivity index (χ2v) is 4.68. The lowest BCUT2D eigenvalue weighted by Crippen LogP contribution is -2.13. The molecule has 2 nitrogen and oxygen atoms in total. The molecule has 15 heavy (non-hydrogen) atoms. The summed E-state index contributed by atoms with van der Waals surface area (Å²) in [5, 5.41) is 0.805. The van der Waals surface area contributed by atoms with Gasteiger partial charge in [0.25, 0.3) is 0 Å². The van der Waals surface area contributed by atoms with Crippen molar-refractivity contribution in [2.75, 3.05) is 20.1 Å². The van der Waals surface area contributed by atoms with Gasteiger partial charge in [-0.3, -0.25) is 0 Å². The van der Waals surface area contributed by atoms with E-state index >= 15 is 0 Å². The van der Waals surface area contributed by atoms with Crippen LogP contribution in [0.25, 0.3) is 0 Å². The van der Waals surface area contributed by atoms with Gasteiger partial charge in [0.2, 0.25) is 0 Å². The summed E-state index contributed by atoms with van der Waals surface area (Å²) >= 11 is 0.690. The molecule has 1 saturated heterocycles. The summed E-state index contributed by atoms with van der Waals surface area (Å²) in [5.74, 6) is 0.169. The van der Waals surface area contributed by atoms with E-state index in [2.05, 4.69) is 9.88 Å². The van der Waals surface area contributed by atoms with E-state index in [-0.39, 0.29) is 5.92 Å². The molecule has 0 aliphatic carbocycles. The van der Waals surface area contributed by atoms with Gasteiger partial charge < -0.3 is 4.90 Å². The summed E-state index contributed by atoms with van der Waals surface area (Å²) in [6, 6.07) is 0. The summed E-state index contributed by atoms with van der Waals surface area (Å²) in [4.78, 5) is 5.77. The van der Waals surface area contributed by atoms with E-state index in [1.54, 1.807) is 0 Å².